The number of likely N-dealkylation sites (N-methyl/N-ethyl adjacent to an activating group) is 2. The molecule has 13 unspecified atom stereocenters. The van der Waals surface area contributed by atoms with E-state index in [2.05, 4.69) is 47.3 Å². The van der Waals surface area contributed by atoms with Gasteiger partial charge in [0.1, 0.15) is 114 Å². The van der Waals surface area contributed by atoms with Gasteiger partial charge in [0.25, 0.3) is 0 Å². The SMILES string of the molecule is CC(C(=O)NC(C(=O)N1CC2CC1C(=O)NC(Cc1ccc3ccccc3c1)C(=O)NC(C(=O)O)Cc1ccc(cc1)OCc1cn(nn1)C1CC(C(=O)NC(Cc3ccc4ccccc4c3)C(=O)NC(C(=O)OC(C)(C)C)Cc3ccc(cc3)OCC(N=N)C=N2)N(C(=O)C(NC(=O)C(C)N(C)C(=O)OC(C)(C)C)C(C)(C)C)C1)C(C)(C)C)N(C)C(=O)OC(C)(C)C. The van der Waals surface area contributed by atoms with Gasteiger partial charge in [0, 0.05) is 71.9 Å². The first-order valence-electron chi connectivity index (χ1n) is 43.0. The van der Waals surface area contributed by atoms with Crippen LogP contribution in [-0.2, 0) is 94.4 Å². The largest absolute Gasteiger partial charge is 0.491 e. The number of carbonyl (C=O) groups is 12. The normalized spacial score (nSPS) is 21.2. The Morgan fingerprint density at radius 2 is 0.977 bits per heavy atom. The topological polar surface area (TPSA) is 436 Å². The molecule has 0 aliphatic carbocycles. The Bertz CT molecular complexity index is 5260. The number of hydrogen-bond acceptors (Lipinski definition) is 22. The van der Waals surface area contributed by atoms with E-state index >= 15 is 28.8 Å². The predicted octanol–water partition coefficient (Wildman–Crippen LogP) is 9.35. The summed E-state index contributed by atoms with van der Waals surface area (Å²) in [5.41, 5.74) is 5.83. The van der Waals surface area contributed by atoms with E-state index in [9.17, 15) is 33.9 Å². The van der Waals surface area contributed by atoms with Crippen molar-refractivity contribution in [2.75, 3.05) is 33.8 Å². The van der Waals surface area contributed by atoms with Crippen LogP contribution in [0.5, 0.6) is 11.5 Å². The van der Waals surface area contributed by atoms with Crippen LogP contribution in [0.3, 0.4) is 0 Å². The third kappa shape index (κ3) is 26.4. The summed E-state index contributed by atoms with van der Waals surface area (Å²) in [7, 11) is 2.78. The summed E-state index contributed by atoms with van der Waals surface area (Å²) in [5, 5.41) is 44.2. The zero-order valence-electron chi connectivity index (χ0n) is 76.3. The lowest BCUT2D eigenvalue weighted by Gasteiger charge is -2.37. The number of carboxylic acids is 1. The summed E-state index contributed by atoms with van der Waals surface area (Å²) in [5.74, 6) is -7.72. The van der Waals surface area contributed by atoms with E-state index in [0.29, 0.717) is 33.7 Å². The summed E-state index contributed by atoms with van der Waals surface area (Å²) in [4.78, 5) is 186. The van der Waals surface area contributed by atoms with Crippen LogP contribution in [-0.4, -0.2) is 240 Å². The number of aliphatic imine (C=N–C) groups is 1. The number of ether oxygens (including phenoxy) is 5. The fraction of sp³-hybridized carbons (Fsp3) is 0.500. The van der Waals surface area contributed by atoms with Gasteiger partial charge in [-0.1, -0.05) is 156 Å². The van der Waals surface area contributed by atoms with Crippen LogP contribution in [0.15, 0.2) is 150 Å². The second-order valence-corrected chi connectivity index (χ2v) is 38.3. The molecule has 13 rings (SSSR count). The molecular formula is C94H122N16O18. The Labute approximate surface area is 745 Å². The van der Waals surface area contributed by atoms with Gasteiger partial charge >= 0.3 is 24.1 Å². The van der Waals surface area contributed by atoms with E-state index in [0.717, 1.165) is 31.3 Å². The molecule has 1 aromatic heterocycles. The zero-order valence-corrected chi connectivity index (χ0v) is 76.3. The highest BCUT2D eigenvalue weighted by Gasteiger charge is 2.50. The van der Waals surface area contributed by atoms with Crippen LogP contribution in [0.1, 0.15) is 165 Å². The number of aromatic nitrogens is 3. The van der Waals surface area contributed by atoms with Crippen molar-refractivity contribution in [1.82, 2.24) is 66.5 Å². The van der Waals surface area contributed by atoms with Crippen molar-refractivity contribution in [2.24, 2.45) is 20.9 Å². The molecule has 7 aromatic rings. The number of aliphatic carboxylic acids is 1. The van der Waals surface area contributed by atoms with E-state index < -0.39 is 178 Å². The first-order valence-corrected chi connectivity index (χ1v) is 43.0. The summed E-state index contributed by atoms with van der Waals surface area (Å²) >= 11 is 0. The van der Waals surface area contributed by atoms with E-state index in [1.807, 2.05) is 78.9 Å². The van der Waals surface area contributed by atoms with Crippen LogP contribution in [0.25, 0.3) is 21.5 Å². The van der Waals surface area contributed by atoms with Crippen molar-refractivity contribution < 1.29 is 86.3 Å². The quantitative estimate of drug-likeness (QED) is 0.0269. The second-order valence-electron chi connectivity index (χ2n) is 38.3. The molecule has 6 aliphatic rings. The highest BCUT2D eigenvalue weighted by molar-refractivity contribution is 5.99. The van der Waals surface area contributed by atoms with Gasteiger partial charge < -0.3 is 70.5 Å². The summed E-state index contributed by atoms with van der Waals surface area (Å²) in [6.45, 7) is 27.6. The Morgan fingerprint density at radius 1 is 0.547 bits per heavy atom. The van der Waals surface area contributed by atoms with E-state index in [4.69, 9.17) is 34.2 Å². The van der Waals surface area contributed by atoms with Crippen LogP contribution in [0.2, 0.25) is 0 Å². The van der Waals surface area contributed by atoms with Gasteiger partial charge in [-0.05, 0) is 155 Å². The number of amides is 10. The average molecular weight is 1760 g/mol. The lowest BCUT2D eigenvalue weighted by Crippen LogP contribution is -2.61. The molecule has 0 saturated carbocycles. The minimum atomic E-state index is -1.58. The number of esters is 1. The Kier molecular flexibility index (Phi) is 31.0. The van der Waals surface area contributed by atoms with Gasteiger partial charge in [-0.25, -0.2) is 29.4 Å². The molecule has 13 atom stereocenters. The summed E-state index contributed by atoms with van der Waals surface area (Å²) in [6, 6.07) is 22.7. The number of carboxylic acid groups (broad SMARTS) is 1. The first-order chi connectivity index (χ1) is 60.0. The lowest BCUT2D eigenvalue weighted by molar-refractivity contribution is -0.158. The molecule has 0 spiro atoms. The third-order valence-electron chi connectivity index (χ3n) is 22.3. The molecule has 0 radical (unpaired) electrons. The van der Waals surface area contributed by atoms with E-state index in [1.165, 1.54) is 48.6 Å². The van der Waals surface area contributed by atoms with Gasteiger partial charge in [0.05, 0.1) is 18.3 Å². The number of rotatable bonds is 15. The summed E-state index contributed by atoms with van der Waals surface area (Å²) in [6.07, 6.45) is 0.382. The molecule has 34 heteroatoms. The maximum atomic E-state index is 15.7. The fourth-order valence-electron chi connectivity index (χ4n) is 15.0. The van der Waals surface area contributed by atoms with Crippen molar-refractivity contribution in [3.8, 4) is 11.5 Å². The monoisotopic (exact) mass is 1760 g/mol. The first kappa shape index (κ1) is 97.3. The van der Waals surface area contributed by atoms with Crippen molar-refractivity contribution in [2.45, 2.75) is 258 Å². The molecule has 7 heterocycles. The predicted molar refractivity (Wildman–Crippen MR) is 477 cm³/mol. The molecule has 6 aliphatic heterocycles. The molecule has 6 aromatic carbocycles. The van der Waals surface area contributed by atoms with Crippen LogP contribution >= 0.6 is 0 Å². The van der Waals surface area contributed by atoms with Gasteiger partial charge in [-0.2, -0.15) is 5.11 Å². The highest BCUT2D eigenvalue weighted by atomic mass is 16.6. The smallest absolute Gasteiger partial charge is 0.410 e. The number of benzene rings is 6. The van der Waals surface area contributed by atoms with Crippen LogP contribution < -0.4 is 41.4 Å². The number of carbonyl (C=O) groups excluding carboxylic acids is 11. The van der Waals surface area contributed by atoms with E-state index in [-0.39, 0.29) is 70.6 Å². The Hall–Kier alpha value is -12.9. The molecule has 8 N–H and O–H groups in total. The average Bonchev–Trinajstić information content (AvgIpc) is 1.62. The second kappa shape index (κ2) is 40.8. The molecule has 10 bridgehead atoms. The molecule has 2 saturated heterocycles. The van der Waals surface area contributed by atoms with Gasteiger partial charge in [0.2, 0.25) is 47.3 Å². The number of hydrogen-bond donors (Lipinski definition) is 8. The van der Waals surface area contributed by atoms with Gasteiger partial charge in [-0.3, -0.25) is 53.1 Å². The number of nitrogens with zero attached hydrogens (tertiary/aromatic N) is 9. The Morgan fingerprint density at radius 3 is 1.42 bits per heavy atom. The van der Waals surface area contributed by atoms with Gasteiger partial charge in [-0.15, -0.1) is 5.10 Å². The standard InChI is InChI=1S/C94H122N16O18/c1-54(106(18)88(122)127-93(12,13)14)78(111)101-76(90(3,4)5)84(117)108-49-64-46-74(108)82(115)97-70(44-58-28-34-60-24-20-22-26-62(60)40-58)80(113)99-72(86(119)120)42-56-30-36-69(37-31-56)125-53-66-50-110(105-104-66)67-47-75(109(51-67)85(118)77(91(6,7)8)102-79(112)55(2)107(19)89(123)128-94(15,16)17)83(116)98-71(45-59-29-35-61-25-21-23-27-63(61)41-59)81(114)100-73(87(121)126-92(9,10)11)43-57-32-38-68(39-33-57)124-52-65(103-95)48-96-64/h20-41,48,50,54-55,64-65,67,70-77,95H,42-47,49,51-53H2,1-19H3,(H,97,115)(H,98,116)(H,99,113)(H,100,114)(H,101,111)(H,102,112)(H,119,120). The molecular weight excluding hydrogens is 1640 g/mol. The van der Waals surface area contributed by atoms with E-state index in [1.54, 1.807) is 165 Å². The highest BCUT2D eigenvalue weighted by Crippen LogP contribution is 2.34. The lowest BCUT2D eigenvalue weighted by atomic mass is 9.85. The van der Waals surface area contributed by atoms with Gasteiger partial charge in [0.15, 0.2) is 0 Å². The molecule has 686 valence electrons. The number of likely N-dealkylation sites (tertiary alicyclic amines) is 2. The summed E-state index contributed by atoms with van der Waals surface area (Å²) < 4.78 is 31.0. The molecule has 34 nitrogen and oxygen atoms in total. The maximum Gasteiger partial charge on any atom is 0.410 e. The van der Waals surface area contributed by atoms with Crippen molar-refractivity contribution in [3.05, 3.63) is 168 Å². The number of nitrogens with one attached hydrogen (secondary N) is 7. The minimum absolute atomic E-state index is 0.108. The minimum Gasteiger partial charge on any atom is -0.491 e. The molecule has 10 amide bonds. The van der Waals surface area contributed by atoms with Crippen LogP contribution in [0, 0.1) is 16.4 Å². The van der Waals surface area contributed by atoms with Crippen molar-refractivity contribution in [1.29, 1.82) is 5.53 Å². The Balaban J connectivity index is 1.01. The van der Waals surface area contributed by atoms with Crippen LogP contribution in [0.4, 0.5) is 9.59 Å². The maximum absolute atomic E-state index is 15.7. The molecule has 128 heavy (non-hydrogen) atoms. The third-order valence-corrected chi connectivity index (χ3v) is 22.3. The zero-order chi connectivity index (χ0) is 93.8. The van der Waals surface area contributed by atoms with Crippen molar-refractivity contribution in [3.63, 3.8) is 0 Å². The fourth-order valence-corrected chi connectivity index (χ4v) is 15.0. The van der Waals surface area contributed by atoms with Crippen molar-refractivity contribution >= 4 is 99.1 Å². The molecule has 2 fully saturated rings. The number of fused-ring (bicyclic) bond motifs is 2.